The molecule has 0 spiro atoms. The first-order valence-corrected chi connectivity index (χ1v) is 4.23. The molecule has 3 nitrogen and oxygen atoms in total. The Labute approximate surface area is 84.8 Å². The summed E-state index contributed by atoms with van der Waals surface area (Å²) in [5.74, 6) is -1.73. The van der Waals surface area contributed by atoms with Crippen molar-refractivity contribution in [3.8, 4) is 11.1 Å². The maximum atomic E-state index is 13.1. The Morgan fingerprint density at radius 2 is 2.07 bits per heavy atom. The SMILES string of the molecule is O=C(O)c1cc(F)cc(-c2ccoc2)c1. The Kier molecular flexibility index (Phi) is 2.25. The normalized spacial score (nSPS) is 10.2. The molecule has 2 aromatic rings. The summed E-state index contributed by atoms with van der Waals surface area (Å²) >= 11 is 0. The molecule has 0 saturated heterocycles. The zero-order chi connectivity index (χ0) is 10.8. The second-order valence-electron chi connectivity index (χ2n) is 3.05. The van der Waals surface area contributed by atoms with E-state index in [9.17, 15) is 9.18 Å². The van der Waals surface area contributed by atoms with E-state index < -0.39 is 11.8 Å². The number of carbonyl (C=O) groups is 1. The van der Waals surface area contributed by atoms with Gasteiger partial charge in [-0.2, -0.15) is 0 Å². The zero-order valence-electron chi connectivity index (χ0n) is 7.61. The van der Waals surface area contributed by atoms with Crippen LogP contribution in [0.25, 0.3) is 11.1 Å². The Bertz CT molecular complexity index is 489. The van der Waals surface area contributed by atoms with E-state index in [0.29, 0.717) is 11.1 Å². The molecule has 0 radical (unpaired) electrons. The maximum absolute atomic E-state index is 13.1. The molecular formula is C11H7FO3. The molecule has 0 aliphatic rings. The van der Waals surface area contributed by atoms with Gasteiger partial charge in [0.1, 0.15) is 5.82 Å². The summed E-state index contributed by atoms with van der Waals surface area (Å²) in [6.45, 7) is 0. The van der Waals surface area contributed by atoms with Crippen LogP contribution >= 0.6 is 0 Å². The van der Waals surface area contributed by atoms with Crippen molar-refractivity contribution < 1.29 is 18.7 Å². The number of hydrogen-bond donors (Lipinski definition) is 1. The molecule has 15 heavy (non-hydrogen) atoms. The number of carboxylic acids is 1. The fourth-order valence-electron chi connectivity index (χ4n) is 1.31. The highest BCUT2D eigenvalue weighted by atomic mass is 19.1. The van der Waals surface area contributed by atoms with Crippen LogP contribution in [0.5, 0.6) is 0 Å². The van der Waals surface area contributed by atoms with Crippen molar-refractivity contribution in [3.05, 3.63) is 48.2 Å². The van der Waals surface area contributed by atoms with Crippen molar-refractivity contribution in [1.82, 2.24) is 0 Å². The van der Waals surface area contributed by atoms with E-state index in [-0.39, 0.29) is 5.56 Å². The first-order chi connectivity index (χ1) is 7.16. The number of rotatable bonds is 2. The molecular weight excluding hydrogens is 199 g/mol. The van der Waals surface area contributed by atoms with Gasteiger partial charge in [0.25, 0.3) is 0 Å². The highest BCUT2D eigenvalue weighted by Gasteiger charge is 2.08. The van der Waals surface area contributed by atoms with E-state index in [4.69, 9.17) is 9.52 Å². The average molecular weight is 206 g/mol. The Hall–Kier alpha value is -2.10. The van der Waals surface area contributed by atoms with E-state index in [1.807, 2.05) is 0 Å². The number of carboxylic acid groups (broad SMARTS) is 1. The van der Waals surface area contributed by atoms with E-state index in [2.05, 4.69) is 0 Å². The lowest BCUT2D eigenvalue weighted by atomic mass is 10.1. The monoisotopic (exact) mass is 206 g/mol. The molecule has 0 unspecified atom stereocenters. The lowest BCUT2D eigenvalue weighted by molar-refractivity contribution is 0.0696. The predicted molar refractivity (Wildman–Crippen MR) is 51.1 cm³/mol. The van der Waals surface area contributed by atoms with Crippen LogP contribution in [0.2, 0.25) is 0 Å². The van der Waals surface area contributed by atoms with Gasteiger partial charge in [0, 0.05) is 5.56 Å². The molecule has 2 rings (SSSR count). The zero-order valence-corrected chi connectivity index (χ0v) is 7.61. The van der Waals surface area contributed by atoms with Gasteiger partial charge in [0.15, 0.2) is 0 Å². The summed E-state index contributed by atoms with van der Waals surface area (Å²) in [5.41, 5.74) is 1.06. The highest BCUT2D eigenvalue weighted by Crippen LogP contribution is 2.22. The number of hydrogen-bond acceptors (Lipinski definition) is 2. The molecule has 1 N–H and O–H groups in total. The van der Waals surface area contributed by atoms with Crippen LogP contribution in [-0.4, -0.2) is 11.1 Å². The van der Waals surface area contributed by atoms with Crippen LogP contribution in [0, 0.1) is 5.82 Å². The molecule has 0 fully saturated rings. The summed E-state index contributed by atoms with van der Waals surface area (Å²) in [4.78, 5) is 10.7. The number of halogens is 1. The van der Waals surface area contributed by atoms with Crippen molar-refractivity contribution in [2.24, 2.45) is 0 Å². The first kappa shape index (κ1) is 9.45. The number of furan rings is 1. The second-order valence-corrected chi connectivity index (χ2v) is 3.05. The summed E-state index contributed by atoms with van der Waals surface area (Å²) in [5, 5.41) is 8.74. The van der Waals surface area contributed by atoms with Gasteiger partial charge in [0.2, 0.25) is 0 Å². The minimum Gasteiger partial charge on any atom is -0.478 e. The van der Waals surface area contributed by atoms with Crippen molar-refractivity contribution >= 4 is 5.97 Å². The molecule has 0 aliphatic carbocycles. The topological polar surface area (TPSA) is 50.4 Å². The molecule has 0 aliphatic heterocycles. The summed E-state index contributed by atoms with van der Waals surface area (Å²) < 4.78 is 17.9. The highest BCUT2D eigenvalue weighted by molar-refractivity contribution is 5.89. The van der Waals surface area contributed by atoms with Crippen LogP contribution in [0.15, 0.2) is 41.2 Å². The lowest BCUT2D eigenvalue weighted by Gasteiger charge is -2.00. The van der Waals surface area contributed by atoms with Crippen LogP contribution in [0.1, 0.15) is 10.4 Å². The van der Waals surface area contributed by atoms with Crippen molar-refractivity contribution in [2.75, 3.05) is 0 Å². The van der Waals surface area contributed by atoms with E-state index >= 15 is 0 Å². The number of benzene rings is 1. The lowest BCUT2D eigenvalue weighted by Crippen LogP contribution is -1.97. The van der Waals surface area contributed by atoms with Crippen LogP contribution in [0.3, 0.4) is 0 Å². The van der Waals surface area contributed by atoms with Crippen molar-refractivity contribution in [3.63, 3.8) is 0 Å². The van der Waals surface area contributed by atoms with Crippen LogP contribution in [-0.2, 0) is 0 Å². The third kappa shape index (κ3) is 1.88. The summed E-state index contributed by atoms with van der Waals surface area (Å²) in [6.07, 6.45) is 2.88. The minimum atomic E-state index is -1.15. The second kappa shape index (κ2) is 3.57. The van der Waals surface area contributed by atoms with Crippen molar-refractivity contribution in [1.29, 1.82) is 0 Å². The maximum Gasteiger partial charge on any atom is 0.335 e. The fourth-order valence-corrected chi connectivity index (χ4v) is 1.31. The first-order valence-electron chi connectivity index (χ1n) is 4.23. The fraction of sp³-hybridized carbons (Fsp3) is 0. The van der Waals surface area contributed by atoms with E-state index in [0.717, 1.165) is 6.07 Å². The molecule has 76 valence electrons. The van der Waals surface area contributed by atoms with Crippen LogP contribution < -0.4 is 0 Å². The Morgan fingerprint density at radius 1 is 1.27 bits per heavy atom. The Morgan fingerprint density at radius 3 is 2.67 bits per heavy atom. The molecule has 4 heteroatoms. The Balaban J connectivity index is 2.54. The molecule has 0 bridgehead atoms. The van der Waals surface area contributed by atoms with Gasteiger partial charge >= 0.3 is 5.97 Å². The third-order valence-electron chi connectivity index (χ3n) is 2.00. The van der Waals surface area contributed by atoms with E-state index in [1.54, 1.807) is 6.07 Å². The molecule has 1 aromatic carbocycles. The quantitative estimate of drug-likeness (QED) is 0.821. The van der Waals surface area contributed by atoms with Crippen molar-refractivity contribution in [2.45, 2.75) is 0 Å². The van der Waals surface area contributed by atoms with Gasteiger partial charge in [0.05, 0.1) is 18.1 Å². The van der Waals surface area contributed by atoms with E-state index in [1.165, 1.54) is 24.7 Å². The van der Waals surface area contributed by atoms with Gasteiger partial charge in [-0.3, -0.25) is 0 Å². The largest absolute Gasteiger partial charge is 0.478 e. The average Bonchev–Trinajstić information content (AvgIpc) is 2.69. The van der Waals surface area contributed by atoms with Gasteiger partial charge in [-0.25, -0.2) is 9.18 Å². The molecule has 1 heterocycles. The standard InChI is InChI=1S/C11H7FO3/c12-10-4-8(7-1-2-15-6-7)3-9(5-10)11(13)14/h1-6H,(H,13,14). The molecule has 1 aromatic heterocycles. The summed E-state index contributed by atoms with van der Waals surface area (Å²) in [6, 6.07) is 5.28. The smallest absolute Gasteiger partial charge is 0.335 e. The van der Waals surface area contributed by atoms with Gasteiger partial charge in [-0.05, 0) is 29.8 Å². The van der Waals surface area contributed by atoms with Crippen LogP contribution in [0.4, 0.5) is 4.39 Å². The van der Waals surface area contributed by atoms with Gasteiger partial charge in [-0.1, -0.05) is 0 Å². The van der Waals surface area contributed by atoms with Gasteiger partial charge in [-0.15, -0.1) is 0 Å². The third-order valence-corrected chi connectivity index (χ3v) is 2.00. The summed E-state index contributed by atoms with van der Waals surface area (Å²) in [7, 11) is 0. The molecule has 0 saturated carbocycles. The minimum absolute atomic E-state index is 0.0776. The van der Waals surface area contributed by atoms with Gasteiger partial charge < -0.3 is 9.52 Å². The molecule has 0 atom stereocenters. The molecule has 0 amide bonds. The number of aromatic carboxylic acids is 1. The predicted octanol–water partition coefficient (Wildman–Crippen LogP) is 2.78.